The van der Waals surface area contributed by atoms with Crippen molar-refractivity contribution in [2.45, 2.75) is 19.6 Å². The normalized spacial score (nSPS) is 19.5. The summed E-state index contributed by atoms with van der Waals surface area (Å²) in [5.74, 6) is 0.589. The Morgan fingerprint density at radius 3 is 2.75 bits per heavy atom. The molecular weight excluding hydrogens is 202 g/mol. The first-order valence-corrected chi connectivity index (χ1v) is 5.26. The SMILES string of the molecule is CC1=C(OCc2ccccc2)C(O)C=CN1. The van der Waals surface area contributed by atoms with Crippen molar-refractivity contribution in [1.29, 1.82) is 0 Å². The van der Waals surface area contributed by atoms with E-state index in [2.05, 4.69) is 5.32 Å². The zero-order valence-electron chi connectivity index (χ0n) is 9.18. The van der Waals surface area contributed by atoms with E-state index in [4.69, 9.17) is 4.74 Å². The molecule has 0 aliphatic carbocycles. The van der Waals surface area contributed by atoms with Crippen LogP contribution in [0.3, 0.4) is 0 Å². The molecule has 0 aromatic heterocycles. The Bertz CT molecular complexity index is 409. The fraction of sp³-hybridized carbons (Fsp3) is 0.231. The number of dihydropyridines is 1. The van der Waals surface area contributed by atoms with Gasteiger partial charge in [0.05, 0.1) is 5.70 Å². The second-order valence-electron chi connectivity index (χ2n) is 3.71. The number of aliphatic hydroxyl groups excluding tert-OH is 1. The van der Waals surface area contributed by atoms with Gasteiger partial charge in [-0.15, -0.1) is 0 Å². The first kappa shape index (κ1) is 10.8. The quantitative estimate of drug-likeness (QED) is 0.812. The molecule has 0 bridgehead atoms. The van der Waals surface area contributed by atoms with E-state index in [1.807, 2.05) is 37.3 Å². The van der Waals surface area contributed by atoms with Gasteiger partial charge in [0.25, 0.3) is 0 Å². The van der Waals surface area contributed by atoms with E-state index in [1.54, 1.807) is 12.3 Å². The standard InChI is InChI=1S/C13H15NO2/c1-10-13(12(15)7-8-14-10)16-9-11-5-3-2-4-6-11/h2-8,12,14-15H,9H2,1H3. The first-order chi connectivity index (χ1) is 7.77. The van der Waals surface area contributed by atoms with Crippen molar-refractivity contribution in [3.63, 3.8) is 0 Å². The summed E-state index contributed by atoms with van der Waals surface area (Å²) >= 11 is 0. The molecule has 0 amide bonds. The number of hydrogen-bond donors (Lipinski definition) is 2. The largest absolute Gasteiger partial charge is 0.488 e. The van der Waals surface area contributed by atoms with Crippen LogP contribution in [0.4, 0.5) is 0 Å². The fourth-order valence-electron chi connectivity index (χ4n) is 1.57. The summed E-state index contributed by atoms with van der Waals surface area (Å²) in [5, 5.41) is 12.7. The highest BCUT2D eigenvalue weighted by Gasteiger charge is 2.15. The molecule has 16 heavy (non-hydrogen) atoms. The Kier molecular flexibility index (Phi) is 3.27. The lowest BCUT2D eigenvalue weighted by atomic mass is 10.2. The van der Waals surface area contributed by atoms with Crippen LogP contribution >= 0.6 is 0 Å². The van der Waals surface area contributed by atoms with Gasteiger partial charge in [0, 0.05) is 0 Å². The van der Waals surface area contributed by atoms with Crippen molar-refractivity contribution < 1.29 is 9.84 Å². The van der Waals surface area contributed by atoms with Gasteiger partial charge in [0.15, 0.2) is 0 Å². The average Bonchev–Trinajstić information content (AvgIpc) is 2.30. The highest BCUT2D eigenvalue weighted by molar-refractivity contribution is 5.21. The number of nitrogens with one attached hydrogen (secondary N) is 1. The smallest absolute Gasteiger partial charge is 0.148 e. The molecule has 0 saturated heterocycles. The third-order valence-electron chi connectivity index (χ3n) is 2.45. The summed E-state index contributed by atoms with van der Waals surface area (Å²) in [4.78, 5) is 0. The van der Waals surface area contributed by atoms with Gasteiger partial charge in [0.1, 0.15) is 18.5 Å². The topological polar surface area (TPSA) is 41.5 Å². The molecule has 1 aromatic rings. The maximum absolute atomic E-state index is 9.71. The van der Waals surface area contributed by atoms with Crippen molar-refractivity contribution in [3.8, 4) is 0 Å². The summed E-state index contributed by atoms with van der Waals surface area (Å²) in [6, 6.07) is 9.89. The van der Waals surface area contributed by atoms with Gasteiger partial charge in [-0.3, -0.25) is 0 Å². The molecule has 1 unspecified atom stereocenters. The van der Waals surface area contributed by atoms with E-state index in [0.717, 1.165) is 11.3 Å². The number of rotatable bonds is 3. The van der Waals surface area contributed by atoms with Gasteiger partial charge < -0.3 is 15.2 Å². The monoisotopic (exact) mass is 217 g/mol. The number of benzene rings is 1. The fourth-order valence-corrected chi connectivity index (χ4v) is 1.57. The second-order valence-corrected chi connectivity index (χ2v) is 3.71. The van der Waals surface area contributed by atoms with Gasteiger partial charge in [-0.2, -0.15) is 0 Å². The summed E-state index contributed by atoms with van der Waals surface area (Å²) in [6.45, 7) is 2.35. The van der Waals surface area contributed by atoms with Crippen molar-refractivity contribution in [2.24, 2.45) is 0 Å². The summed E-state index contributed by atoms with van der Waals surface area (Å²) < 4.78 is 5.61. The lowest BCUT2D eigenvalue weighted by Gasteiger charge is -2.20. The highest BCUT2D eigenvalue weighted by atomic mass is 16.5. The van der Waals surface area contributed by atoms with Crippen LogP contribution in [0.15, 0.2) is 54.1 Å². The summed E-state index contributed by atoms with van der Waals surface area (Å²) in [5.41, 5.74) is 1.94. The molecule has 3 nitrogen and oxygen atoms in total. The van der Waals surface area contributed by atoms with Crippen LogP contribution in [0.1, 0.15) is 12.5 Å². The van der Waals surface area contributed by atoms with Gasteiger partial charge in [0.2, 0.25) is 0 Å². The molecule has 0 radical (unpaired) electrons. The van der Waals surface area contributed by atoms with E-state index in [-0.39, 0.29) is 0 Å². The predicted octanol–water partition coefficient (Wildman–Crippen LogP) is 1.91. The van der Waals surface area contributed by atoms with Crippen molar-refractivity contribution in [3.05, 3.63) is 59.6 Å². The number of ether oxygens (including phenoxy) is 1. The minimum absolute atomic E-state index is 0.472. The van der Waals surface area contributed by atoms with Crippen LogP contribution in [0.2, 0.25) is 0 Å². The maximum Gasteiger partial charge on any atom is 0.148 e. The van der Waals surface area contributed by atoms with Crippen LogP contribution in [0.5, 0.6) is 0 Å². The van der Waals surface area contributed by atoms with E-state index in [0.29, 0.717) is 12.4 Å². The van der Waals surface area contributed by atoms with Gasteiger partial charge >= 0.3 is 0 Å². The lowest BCUT2D eigenvalue weighted by molar-refractivity contribution is 0.112. The van der Waals surface area contributed by atoms with Gasteiger partial charge in [-0.1, -0.05) is 30.3 Å². The van der Waals surface area contributed by atoms with Crippen LogP contribution < -0.4 is 5.32 Å². The van der Waals surface area contributed by atoms with Crippen LogP contribution in [-0.4, -0.2) is 11.2 Å². The molecule has 3 heteroatoms. The minimum atomic E-state index is -0.648. The summed E-state index contributed by atoms with van der Waals surface area (Å²) in [6.07, 6.45) is 2.73. The summed E-state index contributed by atoms with van der Waals surface area (Å²) in [7, 11) is 0. The number of aliphatic hydroxyl groups is 1. The maximum atomic E-state index is 9.71. The molecule has 0 spiro atoms. The zero-order chi connectivity index (χ0) is 11.4. The van der Waals surface area contributed by atoms with E-state index >= 15 is 0 Å². The molecule has 1 aliphatic rings. The Hall–Kier alpha value is -1.74. The Morgan fingerprint density at radius 2 is 2.06 bits per heavy atom. The van der Waals surface area contributed by atoms with Crippen LogP contribution in [0, 0.1) is 0 Å². The third-order valence-corrected chi connectivity index (χ3v) is 2.45. The average molecular weight is 217 g/mol. The number of hydrogen-bond acceptors (Lipinski definition) is 3. The number of allylic oxidation sites excluding steroid dienone is 1. The molecule has 0 fully saturated rings. The predicted molar refractivity (Wildman–Crippen MR) is 62.2 cm³/mol. The lowest BCUT2D eigenvalue weighted by Crippen LogP contribution is -2.22. The van der Waals surface area contributed by atoms with Gasteiger partial charge in [-0.25, -0.2) is 0 Å². The molecule has 0 saturated carbocycles. The minimum Gasteiger partial charge on any atom is -0.488 e. The van der Waals surface area contributed by atoms with Gasteiger partial charge in [-0.05, 0) is 24.8 Å². The molecular formula is C13H15NO2. The molecule has 1 aliphatic heterocycles. The van der Waals surface area contributed by atoms with Crippen LogP contribution in [-0.2, 0) is 11.3 Å². The second kappa shape index (κ2) is 4.86. The van der Waals surface area contributed by atoms with E-state index < -0.39 is 6.10 Å². The molecule has 1 heterocycles. The van der Waals surface area contributed by atoms with Crippen LogP contribution in [0.25, 0.3) is 0 Å². The highest BCUT2D eigenvalue weighted by Crippen LogP contribution is 2.16. The zero-order valence-corrected chi connectivity index (χ0v) is 9.18. The Morgan fingerprint density at radius 1 is 1.31 bits per heavy atom. The Balaban J connectivity index is 2.00. The van der Waals surface area contributed by atoms with E-state index in [1.165, 1.54) is 0 Å². The third kappa shape index (κ3) is 2.44. The molecule has 1 atom stereocenters. The van der Waals surface area contributed by atoms with Crippen molar-refractivity contribution in [1.82, 2.24) is 5.32 Å². The first-order valence-electron chi connectivity index (χ1n) is 5.26. The molecule has 2 rings (SSSR count). The van der Waals surface area contributed by atoms with E-state index in [9.17, 15) is 5.11 Å². The molecule has 1 aromatic carbocycles. The Labute approximate surface area is 95.1 Å². The van der Waals surface area contributed by atoms with Crippen molar-refractivity contribution in [2.75, 3.05) is 0 Å². The van der Waals surface area contributed by atoms with Crippen molar-refractivity contribution >= 4 is 0 Å². The molecule has 2 N–H and O–H groups in total. The molecule has 84 valence electrons.